The zero-order chi connectivity index (χ0) is 20.7. The molecular weight excluding hydrogens is 372 g/mol. The molecule has 2 rings (SSSR count). The van der Waals surface area contributed by atoms with Crippen LogP contribution in [0.25, 0.3) is 0 Å². The summed E-state index contributed by atoms with van der Waals surface area (Å²) in [6, 6.07) is 0. The van der Waals surface area contributed by atoms with E-state index in [1.807, 2.05) is 0 Å². The van der Waals surface area contributed by atoms with Crippen molar-refractivity contribution < 1.29 is 59.0 Å². The first-order valence-corrected chi connectivity index (χ1v) is 7.41. The fourth-order valence-electron chi connectivity index (χ4n) is 2.80. The molecule has 146 valence electrons. The van der Waals surface area contributed by atoms with Crippen molar-refractivity contribution in [3.63, 3.8) is 0 Å². The van der Waals surface area contributed by atoms with Gasteiger partial charge in [0, 0.05) is 6.08 Å². The van der Waals surface area contributed by atoms with Crippen LogP contribution in [0.3, 0.4) is 0 Å². The summed E-state index contributed by atoms with van der Waals surface area (Å²) in [4.78, 5) is 70.0. The Balaban J connectivity index is 2.65. The van der Waals surface area contributed by atoms with Crippen LogP contribution in [0.15, 0.2) is 11.6 Å². The van der Waals surface area contributed by atoms with Gasteiger partial charge in [-0.3, -0.25) is 28.8 Å². The van der Waals surface area contributed by atoms with Gasteiger partial charge in [0.1, 0.15) is 18.3 Å². The van der Waals surface area contributed by atoms with Crippen molar-refractivity contribution in [2.24, 2.45) is 0 Å². The van der Waals surface area contributed by atoms with Crippen LogP contribution in [0.5, 0.6) is 0 Å². The number of hydrogen-bond donors (Lipinski definition) is 5. The minimum atomic E-state index is -3.83. The van der Waals surface area contributed by atoms with Gasteiger partial charge in [-0.05, 0) is 0 Å². The smallest absolute Gasteiger partial charge is 0.272 e. The number of allylic oxidation sites excluding steroid dienone is 1. The maximum absolute atomic E-state index is 12.7. The molecule has 5 N–H and O–H groups in total. The molecule has 1 fully saturated rings. The molecule has 12 heteroatoms. The quantitative estimate of drug-likeness (QED) is 0.130. The largest absolute Gasteiger partial charge is 0.394 e. The Kier molecular flexibility index (Phi) is 5.34. The lowest BCUT2D eigenvalue weighted by atomic mass is 9.73. The van der Waals surface area contributed by atoms with Crippen LogP contribution in [0, 0.1) is 0 Å². The highest BCUT2D eigenvalue weighted by molar-refractivity contribution is 6.51. The van der Waals surface area contributed by atoms with E-state index < -0.39 is 83.5 Å². The molecule has 12 nitrogen and oxygen atoms in total. The van der Waals surface area contributed by atoms with Crippen molar-refractivity contribution in [1.29, 1.82) is 0 Å². The third-order valence-electron chi connectivity index (χ3n) is 4.36. The van der Waals surface area contributed by atoms with Crippen LogP contribution in [-0.2, 0) is 33.5 Å². The van der Waals surface area contributed by atoms with Crippen LogP contribution < -0.4 is 0 Å². The van der Waals surface area contributed by atoms with E-state index in [1.165, 1.54) is 0 Å². The fraction of sp³-hybridized carbons (Fsp3) is 0.467. The van der Waals surface area contributed by atoms with E-state index in [0.29, 0.717) is 0 Å². The Labute approximate surface area is 149 Å². The van der Waals surface area contributed by atoms with Crippen LogP contribution in [0.4, 0.5) is 0 Å². The minimum absolute atomic E-state index is 0.245. The topological polar surface area (TPSA) is 213 Å². The fourth-order valence-corrected chi connectivity index (χ4v) is 2.80. The highest BCUT2D eigenvalue weighted by Crippen LogP contribution is 2.39. The van der Waals surface area contributed by atoms with E-state index in [1.54, 1.807) is 0 Å². The summed E-state index contributed by atoms with van der Waals surface area (Å²) in [5.41, 5.74) is -4.91. The first-order valence-electron chi connectivity index (χ1n) is 7.41. The predicted octanol–water partition coefficient (Wildman–Crippen LogP) is -5.11. The van der Waals surface area contributed by atoms with E-state index in [9.17, 15) is 49.2 Å². The van der Waals surface area contributed by atoms with E-state index in [0.717, 1.165) is 0 Å². The normalized spacial score (nSPS) is 37.0. The lowest BCUT2D eigenvalue weighted by molar-refractivity contribution is -0.354. The van der Waals surface area contributed by atoms with Gasteiger partial charge in [-0.25, -0.2) is 0 Å². The molecule has 0 bridgehead atoms. The average molecular weight is 386 g/mol. The van der Waals surface area contributed by atoms with Crippen molar-refractivity contribution in [2.45, 2.75) is 36.1 Å². The Hall–Kier alpha value is -2.48. The Morgan fingerprint density at radius 1 is 1.19 bits per heavy atom. The lowest BCUT2D eigenvalue weighted by Gasteiger charge is -2.50. The van der Waals surface area contributed by atoms with Crippen LogP contribution in [-0.4, -0.2) is 97.0 Å². The van der Waals surface area contributed by atoms with Gasteiger partial charge in [-0.2, -0.15) is 0 Å². The van der Waals surface area contributed by atoms with Gasteiger partial charge in [0.2, 0.25) is 28.7 Å². The average Bonchev–Trinajstić information content (AvgIpc) is 2.64. The van der Waals surface area contributed by atoms with Crippen LogP contribution in [0.2, 0.25) is 0 Å². The van der Waals surface area contributed by atoms with E-state index in [4.69, 9.17) is 9.84 Å². The zero-order valence-corrected chi connectivity index (χ0v) is 13.4. The maximum Gasteiger partial charge on any atom is 0.272 e. The molecule has 1 saturated heterocycles. The van der Waals surface area contributed by atoms with Gasteiger partial charge in [0.05, 0.1) is 18.6 Å². The molecule has 2 aliphatic rings. The summed E-state index contributed by atoms with van der Waals surface area (Å²) in [6.07, 6.45) is -8.23. The molecule has 0 spiro atoms. The first kappa shape index (κ1) is 20.8. The molecule has 1 aliphatic heterocycles. The van der Waals surface area contributed by atoms with Gasteiger partial charge in [-0.15, -0.1) is 0 Å². The van der Waals surface area contributed by atoms with E-state index >= 15 is 0 Å². The van der Waals surface area contributed by atoms with Gasteiger partial charge in [0.15, 0.2) is 12.1 Å². The molecule has 1 aliphatic carbocycles. The summed E-state index contributed by atoms with van der Waals surface area (Å²) in [5.74, 6) is -11.5. The molecule has 27 heavy (non-hydrogen) atoms. The van der Waals surface area contributed by atoms with E-state index in [2.05, 4.69) is 0 Å². The summed E-state index contributed by atoms with van der Waals surface area (Å²) >= 11 is 0. The second-order valence-corrected chi connectivity index (χ2v) is 5.94. The highest BCUT2D eigenvalue weighted by Gasteiger charge is 2.71. The SMILES string of the molecule is O=CC(=O)[C@]1(O)[C@@H](O)[C@H](O)[C@@H](CO)O[C@@]1(O)C(=O)C1=CC(=O)C(=O)CC1=O. The van der Waals surface area contributed by atoms with Crippen molar-refractivity contribution in [1.82, 2.24) is 0 Å². The number of Topliss-reactive ketones (excluding diaryl/α,β-unsaturated/α-hetero) is 4. The van der Waals surface area contributed by atoms with Crippen LogP contribution in [0.1, 0.15) is 6.42 Å². The number of ketones is 5. The summed E-state index contributed by atoms with van der Waals surface area (Å²) in [5, 5.41) is 50.1. The molecule has 0 aromatic heterocycles. The first-order chi connectivity index (χ1) is 12.4. The second kappa shape index (κ2) is 6.92. The second-order valence-electron chi connectivity index (χ2n) is 5.94. The van der Waals surface area contributed by atoms with Crippen LogP contribution >= 0.6 is 0 Å². The number of rotatable bonds is 5. The Morgan fingerprint density at radius 2 is 1.78 bits per heavy atom. The highest BCUT2D eigenvalue weighted by atomic mass is 16.7. The zero-order valence-electron chi connectivity index (χ0n) is 13.4. The van der Waals surface area contributed by atoms with Crippen molar-refractivity contribution in [3.05, 3.63) is 11.6 Å². The molecule has 0 aromatic carbocycles. The number of aldehydes is 1. The maximum atomic E-state index is 12.7. The molecule has 0 saturated carbocycles. The third kappa shape index (κ3) is 2.88. The molecule has 0 aromatic rings. The molecule has 0 unspecified atom stereocenters. The third-order valence-corrected chi connectivity index (χ3v) is 4.36. The number of aliphatic hydroxyl groups is 5. The minimum Gasteiger partial charge on any atom is -0.394 e. The monoisotopic (exact) mass is 386 g/mol. The molecule has 0 radical (unpaired) electrons. The van der Waals surface area contributed by atoms with Crippen molar-refractivity contribution >= 4 is 35.2 Å². The molecule has 0 amide bonds. The summed E-state index contributed by atoms with van der Waals surface area (Å²) in [7, 11) is 0. The van der Waals surface area contributed by atoms with Gasteiger partial charge in [0.25, 0.3) is 5.79 Å². The van der Waals surface area contributed by atoms with Crippen molar-refractivity contribution in [3.8, 4) is 0 Å². The van der Waals surface area contributed by atoms with Crippen molar-refractivity contribution in [2.75, 3.05) is 6.61 Å². The summed E-state index contributed by atoms with van der Waals surface area (Å²) < 4.78 is 4.70. The Bertz CT molecular complexity index is 782. The predicted molar refractivity (Wildman–Crippen MR) is 77.7 cm³/mol. The standard InChI is InChI=1S/C15H14O12/c16-3-9-11(22)13(24)14(25,10(21)4-17)15(26,27-9)12(23)5-1-7(19)8(20)2-6(5)18/h1,4,9,11,13,16,22,24-26H,2-3H2/t9-,11-,13+,14+,15+/m1/s1. The number of ether oxygens (including phenoxy) is 1. The van der Waals surface area contributed by atoms with Gasteiger partial charge in [-0.1, -0.05) is 0 Å². The number of carbonyl (C=O) groups excluding carboxylic acids is 6. The molecule has 1 heterocycles. The Morgan fingerprint density at radius 3 is 2.30 bits per heavy atom. The van der Waals surface area contributed by atoms with E-state index in [-0.39, 0.29) is 6.08 Å². The van der Waals surface area contributed by atoms with Gasteiger partial charge >= 0.3 is 0 Å². The number of aliphatic hydroxyl groups excluding tert-OH is 3. The molecule has 5 atom stereocenters. The molecular formula is C15H14O12. The number of hydrogen-bond acceptors (Lipinski definition) is 12. The van der Waals surface area contributed by atoms with Gasteiger partial charge < -0.3 is 30.3 Å². The summed E-state index contributed by atoms with van der Waals surface area (Å²) in [6.45, 7) is -1.12. The number of carbonyl (C=O) groups is 6. The lowest BCUT2D eigenvalue weighted by Crippen LogP contribution is -2.79.